The highest BCUT2D eigenvalue weighted by Crippen LogP contribution is 2.23. The Hall–Kier alpha value is -4.18. The van der Waals surface area contributed by atoms with E-state index in [0.29, 0.717) is 11.3 Å². The number of carbonyl (C=O) groups is 2. The first-order chi connectivity index (χ1) is 14.3. The molecule has 150 valence electrons. The molecule has 0 saturated heterocycles. The molecule has 0 aliphatic carbocycles. The number of halogens is 1. The van der Waals surface area contributed by atoms with E-state index in [0.717, 1.165) is 17.1 Å². The van der Waals surface area contributed by atoms with E-state index in [2.05, 4.69) is 5.32 Å². The van der Waals surface area contributed by atoms with E-state index in [4.69, 9.17) is 5.11 Å². The van der Waals surface area contributed by atoms with Crippen molar-refractivity contribution >= 4 is 23.6 Å². The number of aromatic carboxylic acids is 1. The molecule has 3 rings (SSSR count). The number of carboxylic acids is 1. The molecule has 1 aromatic heterocycles. The molecule has 30 heavy (non-hydrogen) atoms. The number of aromatic nitrogens is 1. The van der Waals surface area contributed by atoms with Gasteiger partial charge in [0.05, 0.1) is 5.56 Å². The first-order valence-corrected chi connectivity index (χ1v) is 9.01. The number of hydrogen-bond donors (Lipinski definition) is 2. The van der Waals surface area contributed by atoms with Gasteiger partial charge in [0.25, 0.3) is 5.91 Å². The van der Waals surface area contributed by atoms with E-state index in [-0.39, 0.29) is 17.0 Å². The predicted molar refractivity (Wildman–Crippen MR) is 111 cm³/mol. The molecular formula is C23H18FN3O3. The van der Waals surface area contributed by atoms with Crippen LogP contribution < -0.4 is 5.32 Å². The summed E-state index contributed by atoms with van der Waals surface area (Å²) in [6, 6.07) is 15.4. The highest BCUT2D eigenvalue weighted by atomic mass is 19.1. The summed E-state index contributed by atoms with van der Waals surface area (Å²) in [5.74, 6) is -2.00. The first-order valence-electron chi connectivity index (χ1n) is 9.01. The van der Waals surface area contributed by atoms with Gasteiger partial charge in [0.1, 0.15) is 17.5 Å². The fourth-order valence-electron chi connectivity index (χ4n) is 3.12. The molecule has 3 aromatic rings. The van der Waals surface area contributed by atoms with Gasteiger partial charge in [-0.1, -0.05) is 0 Å². The van der Waals surface area contributed by atoms with Crippen LogP contribution in [0, 0.1) is 31.0 Å². The summed E-state index contributed by atoms with van der Waals surface area (Å²) >= 11 is 0. The molecule has 0 bridgehead atoms. The molecule has 0 atom stereocenters. The zero-order chi connectivity index (χ0) is 21.8. The lowest BCUT2D eigenvalue weighted by atomic mass is 10.1. The molecule has 2 aromatic carbocycles. The number of nitriles is 1. The van der Waals surface area contributed by atoms with Crippen molar-refractivity contribution < 1.29 is 19.1 Å². The van der Waals surface area contributed by atoms with Gasteiger partial charge in [-0.2, -0.15) is 5.26 Å². The Morgan fingerprint density at radius 2 is 1.73 bits per heavy atom. The maximum Gasteiger partial charge on any atom is 0.335 e. The van der Waals surface area contributed by atoms with E-state index in [1.165, 1.54) is 42.5 Å². The fraction of sp³-hybridized carbons (Fsp3) is 0.0870. The van der Waals surface area contributed by atoms with Gasteiger partial charge >= 0.3 is 5.97 Å². The Morgan fingerprint density at radius 1 is 1.10 bits per heavy atom. The maximum atomic E-state index is 13.2. The van der Waals surface area contributed by atoms with Gasteiger partial charge in [-0.25, -0.2) is 9.18 Å². The highest BCUT2D eigenvalue weighted by Gasteiger charge is 2.14. The topological polar surface area (TPSA) is 95.1 Å². The van der Waals surface area contributed by atoms with Gasteiger partial charge in [0.2, 0.25) is 0 Å². The second-order valence-corrected chi connectivity index (χ2v) is 6.64. The largest absolute Gasteiger partial charge is 0.478 e. The van der Waals surface area contributed by atoms with E-state index < -0.39 is 11.9 Å². The van der Waals surface area contributed by atoms with Crippen LogP contribution in [-0.4, -0.2) is 21.6 Å². The lowest BCUT2D eigenvalue weighted by Gasteiger charge is -2.09. The fourth-order valence-corrected chi connectivity index (χ4v) is 3.12. The minimum absolute atomic E-state index is 0.0947. The second kappa shape index (κ2) is 8.45. The summed E-state index contributed by atoms with van der Waals surface area (Å²) in [5, 5.41) is 21.0. The number of nitrogens with one attached hydrogen (secondary N) is 1. The van der Waals surface area contributed by atoms with E-state index >= 15 is 0 Å². The average Bonchev–Trinajstić information content (AvgIpc) is 3.00. The predicted octanol–water partition coefficient (Wildman–Crippen LogP) is 4.48. The molecule has 0 fully saturated rings. The second-order valence-electron chi connectivity index (χ2n) is 6.64. The van der Waals surface area contributed by atoms with Gasteiger partial charge in [-0.05, 0) is 80.1 Å². The summed E-state index contributed by atoms with van der Waals surface area (Å²) < 4.78 is 15.1. The number of nitrogens with zero attached hydrogens (tertiary/aromatic N) is 2. The quantitative estimate of drug-likeness (QED) is 0.485. The standard InChI is InChI=1S/C23H18FN3O3/c1-14-11-17(15(2)27(14)21-9-5-19(24)6-10-21)12-18(13-25)22(28)26-20-7-3-16(4-8-20)23(29)30/h3-12H,1-2H3,(H,26,28)(H,29,30)/b18-12+. The average molecular weight is 403 g/mol. The number of benzene rings is 2. The Balaban J connectivity index is 1.88. The number of rotatable bonds is 5. The van der Waals surface area contributed by atoms with Gasteiger partial charge in [-0.3, -0.25) is 4.79 Å². The smallest absolute Gasteiger partial charge is 0.335 e. The molecule has 7 heteroatoms. The van der Waals surface area contributed by atoms with Crippen LogP contribution in [0.1, 0.15) is 27.3 Å². The van der Waals surface area contributed by atoms with E-state index in [9.17, 15) is 19.2 Å². The third-order valence-electron chi connectivity index (χ3n) is 4.61. The van der Waals surface area contributed by atoms with Crippen LogP contribution in [0.15, 0.2) is 60.2 Å². The lowest BCUT2D eigenvalue weighted by Crippen LogP contribution is -2.13. The zero-order valence-electron chi connectivity index (χ0n) is 16.3. The van der Waals surface area contributed by atoms with Crippen LogP contribution in [0.2, 0.25) is 0 Å². The number of amides is 1. The molecule has 0 spiro atoms. The molecule has 0 saturated carbocycles. The Morgan fingerprint density at radius 3 is 2.30 bits per heavy atom. The van der Waals surface area contributed by atoms with Gasteiger partial charge in [0.15, 0.2) is 0 Å². The molecule has 2 N–H and O–H groups in total. The van der Waals surface area contributed by atoms with Crippen LogP contribution >= 0.6 is 0 Å². The summed E-state index contributed by atoms with van der Waals surface area (Å²) in [6.07, 6.45) is 1.49. The van der Waals surface area contributed by atoms with Crippen molar-refractivity contribution in [2.24, 2.45) is 0 Å². The van der Waals surface area contributed by atoms with Crippen molar-refractivity contribution in [2.45, 2.75) is 13.8 Å². The molecule has 0 aliphatic rings. The van der Waals surface area contributed by atoms with E-state index in [1.54, 1.807) is 12.1 Å². The minimum atomic E-state index is -1.07. The van der Waals surface area contributed by atoms with Crippen LogP contribution in [0.25, 0.3) is 11.8 Å². The molecule has 6 nitrogen and oxygen atoms in total. The summed E-state index contributed by atoms with van der Waals surface area (Å²) in [6.45, 7) is 3.73. The zero-order valence-corrected chi connectivity index (χ0v) is 16.3. The number of anilines is 1. The maximum absolute atomic E-state index is 13.2. The van der Waals surface area contributed by atoms with Crippen LogP contribution in [-0.2, 0) is 4.79 Å². The number of carbonyl (C=O) groups excluding carboxylic acids is 1. The van der Waals surface area contributed by atoms with Crippen molar-refractivity contribution in [1.82, 2.24) is 4.57 Å². The van der Waals surface area contributed by atoms with Crippen molar-refractivity contribution in [3.63, 3.8) is 0 Å². The summed E-state index contributed by atoms with van der Waals surface area (Å²) in [4.78, 5) is 23.4. The monoisotopic (exact) mass is 403 g/mol. The van der Waals surface area contributed by atoms with Crippen LogP contribution in [0.5, 0.6) is 0 Å². The van der Waals surface area contributed by atoms with Crippen molar-refractivity contribution in [1.29, 1.82) is 5.26 Å². The molecule has 0 radical (unpaired) electrons. The van der Waals surface area contributed by atoms with Gasteiger partial charge < -0.3 is 15.0 Å². The number of aryl methyl sites for hydroxylation is 1. The van der Waals surface area contributed by atoms with Crippen molar-refractivity contribution in [3.05, 3.63) is 88.5 Å². The highest BCUT2D eigenvalue weighted by molar-refractivity contribution is 6.09. The molecule has 1 amide bonds. The third kappa shape index (κ3) is 4.28. The van der Waals surface area contributed by atoms with Crippen LogP contribution in [0.3, 0.4) is 0 Å². The van der Waals surface area contributed by atoms with E-state index in [1.807, 2.05) is 30.6 Å². The van der Waals surface area contributed by atoms with Crippen molar-refractivity contribution in [2.75, 3.05) is 5.32 Å². The minimum Gasteiger partial charge on any atom is -0.478 e. The molecule has 0 aliphatic heterocycles. The lowest BCUT2D eigenvalue weighted by molar-refractivity contribution is -0.112. The molecule has 0 unspecified atom stereocenters. The normalized spacial score (nSPS) is 11.1. The Kier molecular flexibility index (Phi) is 5.79. The molecular weight excluding hydrogens is 385 g/mol. The van der Waals surface area contributed by atoms with Crippen molar-refractivity contribution in [3.8, 4) is 11.8 Å². The number of carboxylic acid groups (broad SMARTS) is 1. The van der Waals surface area contributed by atoms with Gasteiger partial charge in [-0.15, -0.1) is 0 Å². The molecule has 1 heterocycles. The van der Waals surface area contributed by atoms with Crippen LogP contribution in [0.4, 0.5) is 10.1 Å². The Bertz CT molecular complexity index is 1180. The van der Waals surface area contributed by atoms with Gasteiger partial charge in [0, 0.05) is 22.8 Å². The Labute approximate surface area is 172 Å². The summed E-state index contributed by atoms with van der Waals surface area (Å²) in [5.41, 5.74) is 3.49. The SMILES string of the molecule is Cc1cc(/C=C(\C#N)C(=O)Nc2ccc(C(=O)O)cc2)c(C)n1-c1ccc(F)cc1. The third-order valence-corrected chi connectivity index (χ3v) is 4.61. The first kappa shape index (κ1) is 20.6. The number of hydrogen-bond acceptors (Lipinski definition) is 3. The summed E-state index contributed by atoms with van der Waals surface area (Å²) in [7, 11) is 0.